The van der Waals surface area contributed by atoms with Crippen molar-refractivity contribution in [2.45, 2.75) is 18.8 Å². The van der Waals surface area contributed by atoms with Crippen molar-refractivity contribution in [1.82, 2.24) is 15.3 Å². The van der Waals surface area contributed by atoms with Crippen molar-refractivity contribution in [1.29, 1.82) is 0 Å². The first-order valence-corrected chi connectivity index (χ1v) is 4.60. The fraction of sp³-hybridized carbons (Fsp3) is 0.444. The molecule has 2 heterocycles. The number of nitrogens with zero attached hydrogens (tertiary/aromatic N) is 2. The SMILES string of the molecule is Nc1cnc([C@@H]2CCC(=O)NC2)cn1. The number of hydrogen-bond acceptors (Lipinski definition) is 4. The summed E-state index contributed by atoms with van der Waals surface area (Å²) < 4.78 is 0. The quantitative estimate of drug-likeness (QED) is 0.659. The molecule has 74 valence electrons. The minimum absolute atomic E-state index is 0.115. The molecule has 0 unspecified atom stereocenters. The molecule has 1 aromatic rings. The average molecular weight is 192 g/mol. The first kappa shape index (κ1) is 8.93. The molecule has 1 aliphatic heterocycles. The summed E-state index contributed by atoms with van der Waals surface area (Å²) in [6.07, 6.45) is 4.63. The molecule has 2 rings (SSSR count). The fourth-order valence-corrected chi connectivity index (χ4v) is 1.54. The van der Waals surface area contributed by atoms with Crippen molar-refractivity contribution in [3.63, 3.8) is 0 Å². The molecular weight excluding hydrogens is 180 g/mol. The number of rotatable bonds is 1. The lowest BCUT2D eigenvalue weighted by Crippen LogP contribution is -2.34. The Kier molecular flexibility index (Phi) is 2.30. The highest BCUT2D eigenvalue weighted by Gasteiger charge is 2.20. The van der Waals surface area contributed by atoms with Gasteiger partial charge in [0.2, 0.25) is 5.91 Å². The average Bonchev–Trinajstić information content (AvgIpc) is 2.21. The van der Waals surface area contributed by atoms with Crippen molar-refractivity contribution in [2.75, 3.05) is 12.3 Å². The maximum Gasteiger partial charge on any atom is 0.220 e. The van der Waals surface area contributed by atoms with Crippen molar-refractivity contribution in [3.05, 3.63) is 18.1 Å². The Balaban J connectivity index is 2.08. The van der Waals surface area contributed by atoms with Gasteiger partial charge in [0.1, 0.15) is 5.82 Å². The van der Waals surface area contributed by atoms with Crippen LogP contribution in [0.25, 0.3) is 0 Å². The van der Waals surface area contributed by atoms with Gasteiger partial charge in [-0.15, -0.1) is 0 Å². The summed E-state index contributed by atoms with van der Waals surface area (Å²) in [5, 5.41) is 2.81. The molecule has 0 saturated carbocycles. The highest BCUT2D eigenvalue weighted by molar-refractivity contribution is 5.76. The summed E-state index contributed by atoms with van der Waals surface area (Å²) in [5.74, 6) is 0.819. The topological polar surface area (TPSA) is 80.9 Å². The highest BCUT2D eigenvalue weighted by atomic mass is 16.1. The zero-order chi connectivity index (χ0) is 9.97. The Morgan fingerprint density at radius 3 is 2.86 bits per heavy atom. The van der Waals surface area contributed by atoms with E-state index in [2.05, 4.69) is 15.3 Å². The second kappa shape index (κ2) is 3.61. The molecule has 0 radical (unpaired) electrons. The lowest BCUT2D eigenvalue weighted by atomic mass is 9.96. The van der Waals surface area contributed by atoms with Gasteiger partial charge < -0.3 is 11.1 Å². The molecule has 5 nitrogen and oxygen atoms in total. The van der Waals surface area contributed by atoms with Crippen LogP contribution in [0, 0.1) is 0 Å². The van der Waals surface area contributed by atoms with Crippen molar-refractivity contribution in [3.8, 4) is 0 Å². The summed E-state index contributed by atoms with van der Waals surface area (Å²) in [6, 6.07) is 0. The molecule has 0 spiro atoms. The molecule has 1 fully saturated rings. The molecule has 0 aromatic carbocycles. The number of amides is 1. The maximum absolute atomic E-state index is 10.9. The molecule has 1 amide bonds. The van der Waals surface area contributed by atoms with E-state index in [1.54, 1.807) is 12.4 Å². The Labute approximate surface area is 81.7 Å². The van der Waals surface area contributed by atoms with Crippen LogP contribution in [0.15, 0.2) is 12.4 Å². The number of hydrogen-bond donors (Lipinski definition) is 2. The Morgan fingerprint density at radius 1 is 1.43 bits per heavy atom. The molecule has 0 bridgehead atoms. The van der Waals surface area contributed by atoms with Crippen LogP contribution in [-0.2, 0) is 4.79 Å². The number of nitrogen functional groups attached to an aromatic ring is 1. The molecule has 1 saturated heterocycles. The lowest BCUT2D eigenvalue weighted by Gasteiger charge is -2.21. The van der Waals surface area contributed by atoms with Crippen LogP contribution >= 0.6 is 0 Å². The van der Waals surface area contributed by atoms with Crippen molar-refractivity contribution in [2.24, 2.45) is 0 Å². The minimum Gasteiger partial charge on any atom is -0.382 e. The summed E-state index contributed by atoms with van der Waals surface area (Å²) in [4.78, 5) is 19.1. The van der Waals surface area contributed by atoms with Gasteiger partial charge in [0.15, 0.2) is 0 Å². The third-order valence-corrected chi connectivity index (χ3v) is 2.38. The smallest absolute Gasteiger partial charge is 0.220 e. The Bertz CT molecular complexity index is 325. The molecule has 14 heavy (non-hydrogen) atoms. The van der Waals surface area contributed by atoms with Gasteiger partial charge in [0.25, 0.3) is 0 Å². The van der Waals surface area contributed by atoms with E-state index in [-0.39, 0.29) is 11.8 Å². The van der Waals surface area contributed by atoms with Gasteiger partial charge in [0, 0.05) is 18.9 Å². The highest BCUT2D eigenvalue weighted by Crippen LogP contribution is 2.20. The Morgan fingerprint density at radius 2 is 2.29 bits per heavy atom. The molecule has 0 aliphatic carbocycles. The maximum atomic E-state index is 10.9. The number of anilines is 1. The van der Waals surface area contributed by atoms with E-state index in [0.717, 1.165) is 12.1 Å². The number of carbonyl (C=O) groups excluding carboxylic acids is 1. The standard InChI is InChI=1S/C9H12N4O/c10-8-5-11-7(4-12-8)6-1-2-9(14)13-3-6/h4-6H,1-3H2,(H2,10,12)(H,13,14)/t6-/m1/s1. The molecule has 5 heteroatoms. The van der Waals surface area contributed by atoms with E-state index in [4.69, 9.17) is 5.73 Å². The third kappa shape index (κ3) is 1.81. The normalized spacial score (nSPS) is 21.7. The van der Waals surface area contributed by atoms with E-state index in [9.17, 15) is 4.79 Å². The van der Waals surface area contributed by atoms with Crippen LogP contribution in [0.1, 0.15) is 24.5 Å². The van der Waals surface area contributed by atoms with Gasteiger partial charge in [0.05, 0.1) is 18.1 Å². The van der Waals surface area contributed by atoms with E-state index in [1.807, 2.05) is 0 Å². The van der Waals surface area contributed by atoms with Crippen LogP contribution in [-0.4, -0.2) is 22.4 Å². The zero-order valence-electron chi connectivity index (χ0n) is 7.73. The number of piperidine rings is 1. The number of aromatic nitrogens is 2. The predicted molar refractivity (Wildman–Crippen MR) is 51.4 cm³/mol. The van der Waals surface area contributed by atoms with Crippen LogP contribution in [0.4, 0.5) is 5.82 Å². The van der Waals surface area contributed by atoms with E-state index >= 15 is 0 Å². The van der Waals surface area contributed by atoms with Crippen molar-refractivity contribution >= 4 is 11.7 Å². The first-order valence-electron chi connectivity index (χ1n) is 4.60. The summed E-state index contributed by atoms with van der Waals surface area (Å²) in [6.45, 7) is 0.650. The zero-order valence-corrected chi connectivity index (χ0v) is 7.73. The van der Waals surface area contributed by atoms with Gasteiger partial charge in [-0.2, -0.15) is 0 Å². The molecule has 3 N–H and O–H groups in total. The van der Waals surface area contributed by atoms with Gasteiger partial charge in [-0.3, -0.25) is 9.78 Å². The predicted octanol–water partition coefficient (Wildman–Crippen LogP) is 0.0524. The summed E-state index contributed by atoms with van der Waals surface area (Å²) in [7, 11) is 0. The largest absolute Gasteiger partial charge is 0.382 e. The van der Waals surface area contributed by atoms with Crippen LogP contribution in [0.5, 0.6) is 0 Å². The fourth-order valence-electron chi connectivity index (χ4n) is 1.54. The molecule has 1 atom stereocenters. The summed E-state index contributed by atoms with van der Waals surface area (Å²) >= 11 is 0. The second-order valence-corrected chi connectivity index (χ2v) is 3.41. The van der Waals surface area contributed by atoms with Gasteiger partial charge >= 0.3 is 0 Å². The number of nitrogens with one attached hydrogen (secondary N) is 1. The van der Waals surface area contributed by atoms with Crippen LogP contribution in [0.3, 0.4) is 0 Å². The first-order chi connectivity index (χ1) is 6.75. The molecule has 1 aliphatic rings. The molecular formula is C9H12N4O. The lowest BCUT2D eigenvalue weighted by molar-refractivity contribution is -0.122. The number of nitrogens with two attached hydrogens (primary N) is 1. The van der Waals surface area contributed by atoms with Gasteiger partial charge in [-0.25, -0.2) is 4.98 Å². The van der Waals surface area contributed by atoms with Gasteiger partial charge in [-0.05, 0) is 6.42 Å². The number of carbonyl (C=O) groups is 1. The minimum atomic E-state index is 0.115. The monoisotopic (exact) mass is 192 g/mol. The van der Waals surface area contributed by atoms with E-state index < -0.39 is 0 Å². The molecule has 1 aromatic heterocycles. The van der Waals surface area contributed by atoms with E-state index in [0.29, 0.717) is 18.8 Å². The Hall–Kier alpha value is -1.65. The van der Waals surface area contributed by atoms with E-state index in [1.165, 1.54) is 0 Å². The van der Waals surface area contributed by atoms with Crippen LogP contribution < -0.4 is 11.1 Å². The second-order valence-electron chi connectivity index (χ2n) is 3.41. The van der Waals surface area contributed by atoms with Crippen molar-refractivity contribution < 1.29 is 4.79 Å². The summed E-state index contributed by atoms with van der Waals surface area (Å²) in [5.41, 5.74) is 6.34. The van der Waals surface area contributed by atoms with Gasteiger partial charge in [-0.1, -0.05) is 0 Å². The third-order valence-electron chi connectivity index (χ3n) is 2.38. The van der Waals surface area contributed by atoms with Crippen LogP contribution in [0.2, 0.25) is 0 Å².